The number of carbonyl (C=O) groups is 1. The van der Waals surface area contributed by atoms with Crippen molar-refractivity contribution >= 4 is 29.0 Å². The van der Waals surface area contributed by atoms with Crippen molar-refractivity contribution < 1.29 is 4.79 Å². The minimum absolute atomic E-state index is 0.231. The summed E-state index contributed by atoms with van der Waals surface area (Å²) in [5, 5.41) is 14.5. The molecule has 0 aliphatic carbocycles. The molecule has 7 nitrogen and oxygen atoms in total. The van der Waals surface area contributed by atoms with Crippen LogP contribution in [0.15, 0.2) is 36.4 Å². The molecule has 0 spiro atoms. The normalized spacial score (nSPS) is 14.8. The Balaban J connectivity index is 1.35. The maximum absolute atomic E-state index is 11.4. The van der Waals surface area contributed by atoms with E-state index < -0.39 is 0 Å². The summed E-state index contributed by atoms with van der Waals surface area (Å²) in [5.41, 5.74) is 1.52. The molecule has 0 bridgehead atoms. The molecule has 0 atom stereocenters. The quantitative estimate of drug-likeness (QED) is 0.708. The van der Waals surface area contributed by atoms with Crippen molar-refractivity contribution in [1.82, 2.24) is 20.4 Å². The van der Waals surface area contributed by atoms with Crippen molar-refractivity contribution in [2.24, 2.45) is 0 Å². The van der Waals surface area contributed by atoms with Crippen LogP contribution in [0.25, 0.3) is 0 Å². The first kappa shape index (κ1) is 19.4. The van der Waals surface area contributed by atoms with E-state index in [1.54, 1.807) is 19.2 Å². The van der Waals surface area contributed by atoms with Gasteiger partial charge in [0, 0.05) is 50.5 Å². The lowest BCUT2D eigenvalue weighted by Crippen LogP contribution is -2.46. The smallest absolute Gasteiger partial charge is 0.271 e. The first-order valence-electron chi connectivity index (χ1n) is 9.18. The molecule has 1 aromatic heterocycles. The number of amides is 1. The van der Waals surface area contributed by atoms with Crippen LogP contribution in [0.2, 0.25) is 5.02 Å². The van der Waals surface area contributed by atoms with Gasteiger partial charge in [-0.3, -0.25) is 9.69 Å². The Morgan fingerprint density at radius 3 is 2.63 bits per heavy atom. The molecule has 144 valence electrons. The molecule has 1 aliphatic rings. The van der Waals surface area contributed by atoms with Crippen LogP contribution >= 0.6 is 11.6 Å². The first-order chi connectivity index (χ1) is 13.2. The number of benzene rings is 1. The van der Waals surface area contributed by atoms with Crippen LogP contribution in [0.4, 0.5) is 11.5 Å². The van der Waals surface area contributed by atoms with E-state index in [1.807, 2.05) is 18.2 Å². The molecular formula is C19H25ClN6O. The lowest BCUT2D eigenvalue weighted by molar-refractivity contribution is 0.0957. The van der Waals surface area contributed by atoms with Crippen LogP contribution in [-0.2, 0) is 0 Å². The summed E-state index contributed by atoms with van der Waals surface area (Å²) in [7, 11) is 1.57. The number of nitrogens with zero attached hydrogens (tertiary/aromatic N) is 4. The average molecular weight is 389 g/mol. The van der Waals surface area contributed by atoms with Gasteiger partial charge in [0.2, 0.25) is 0 Å². The summed E-state index contributed by atoms with van der Waals surface area (Å²) in [6.07, 6.45) is 1.02. The third-order valence-corrected chi connectivity index (χ3v) is 4.86. The van der Waals surface area contributed by atoms with Crippen molar-refractivity contribution in [3.63, 3.8) is 0 Å². The Morgan fingerprint density at radius 1 is 1.15 bits per heavy atom. The molecule has 27 heavy (non-hydrogen) atoms. The Kier molecular flexibility index (Phi) is 6.84. The highest BCUT2D eigenvalue weighted by molar-refractivity contribution is 6.30. The Labute approximate surface area is 164 Å². The van der Waals surface area contributed by atoms with Gasteiger partial charge in [0.05, 0.1) is 0 Å². The molecule has 2 heterocycles. The summed E-state index contributed by atoms with van der Waals surface area (Å²) in [6.45, 7) is 5.99. The molecule has 8 heteroatoms. The van der Waals surface area contributed by atoms with E-state index in [1.165, 1.54) is 5.69 Å². The summed E-state index contributed by atoms with van der Waals surface area (Å²) in [6, 6.07) is 11.5. The third kappa shape index (κ3) is 5.55. The molecule has 3 rings (SSSR count). The molecule has 2 N–H and O–H groups in total. The number of hydrogen-bond donors (Lipinski definition) is 2. The number of carbonyl (C=O) groups excluding carboxylic acids is 1. The molecule has 2 aromatic rings. The van der Waals surface area contributed by atoms with Crippen LogP contribution in [0.3, 0.4) is 0 Å². The van der Waals surface area contributed by atoms with Crippen molar-refractivity contribution in [3.05, 3.63) is 47.1 Å². The van der Waals surface area contributed by atoms with Crippen molar-refractivity contribution in [3.8, 4) is 0 Å². The number of rotatable bonds is 7. The predicted molar refractivity (Wildman–Crippen MR) is 109 cm³/mol. The van der Waals surface area contributed by atoms with Crippen molar-refractivity contribution in [2.75, 3.05) is 56.5 Å². The standard InChI is InChI=1S/C19H25ClN6O/c1-21-19(27)17-6-7-18(24-23-17)22-8-3-9-25-10-12-26(13-11-25)16-5-2-4-15(20)14-16/h2,4-7,14H,3,8-13H2,1H3,(H,21,27)(H,22,24). The zero-order valence-corrected chi connectivity index (χ0v) is 16.2. The summed E-state index contributed by atoms with van der Waals surface area (Å²) >= 11 is 6.09. The van der Waals surface area contributed by atoms with Crippen LogP contribution < -0.4 is 15.5 Å². The van der Waals surface area contributed by atoms with E-state index in [-0.39, 0.29) is 5.91 Å². The Hall–Kier alpha value is -2.38. The second kappa shape index (κ2) is 9.53. The van der Waals surface area contributed by atoms with Gasteiger partial charge in [-0.15, -0.1) is 10.2 Å². The maximum atomic E-state index is 11.4. The van der Waals surface area contributed by atoms with Gasteiger partial charge in [-0.1, -0.05) is 17.7 Å². The second-order valence-electron chi connectivity index (χ2n) is 6.47. The summed E-state index contributed by atoms with van der Waals surface area (Å²) < 4.78 is 0. The largest absolute Gasteiger partial charge is 0.369 e. The minimum atomic E-state index is -0.231. The molecule has 0 saturated carbocycles. The zero-order valence-electron chi connectivity index (χ0n) is 15.5. The van der Waals surface area contributed by atoms with Gasteiger partial charge in [0.25, 0.3) is 5.91 Å². The van der Waals surface area contributed by atoms with Crippen LogP contribution in [-0.4, -0.2) is 67.3 Å². The molecule has 1 aromatic carbocycles. The van der Waals surface area contributed by atoms with Gasteiger partial charge in [-0.2, -0.15) is 0 Å². The minimum Gasteiger partial charge on any atom is -0.369 e. The number of aromatic nitrogens is 2. The SMILES string of the molecule is CNC(=O)c1ccc(NCCCN2CCN(c3cccc(Cl)c3)CC2)nn1. The monoisotopic (exact) mass is 388 g/mol. The van der Waals surface area contributed by atoms with E-state index in [4.69, 9.17) is 11.6 Å². The van der Waals surface area contributed by atoms with Gasteiger partial charge in [0.1, 0.15) is 5.82 Å². The second-order valence-corrected chi connectivity index (χ2v) is 6.91. The molecule has 0 unspecified atom stereocenters. The number of nitrogens with one attached hydrogen (secondary N) is 2. The fraction of sp³-hybridized carbons (Fsp3) is 0.421. The van der Waals surface area contributed by atoms with Crippen LogP contribution in [0.5, 0.6) is 0 Å². The number of anilines is 2. The predicted octanol–water partition coefficient (Wildman–Crippen LogP) is 2.11. The first-order valence-corrected chi connectivity index (χ1v) is 9.56. The van der Waals surface area contributed by atoms with Gasteiger partial charge in [0.15, 0.2) is 5.69 Å². The molecular weight excluding hydrogens is 364 g/mol. The molecule has 1 fully saturated rings. The number of halogens is 1. The van der Waals surface area contributed by atoms with E-state index >= 15 is 0 Å². The average Bonchev–Trinajstić information content (AvgIpc) is 2.71. The highest BCUT2D eigenvalue weighted by atomic mass is 35.5. The van der Waals surface area contributed by atoms with Gasteiger partial charge in [-0.25, -0.2) is 0 Å². The maximum Gasteiger partial charge on any atom is 0.271 e. The molecule has 1 aliphatic heterocycles. The van der Waals surface area contributed by atoms with Crippen LogP contribution in [0.1, 0.15) is 16.9 Å². The van der Waals surface area contributed by atoms with E-state index in [0.717, 1.165) is 50.7 Å². The van der Waals surface area contributed by atoms with E-state index in [2.05, 4.69) is 36.7 Å². The van der Waals surface area contributed by atoms with E-state index in [9.17, 15) is 4.79 Å². The van der Waals surface area contributed by atoms with Crippen molar-refractivity contribution in [2.45, 2.75) is 6.42 Å². The lowest BCUT2D eigenvalue weighted by Gasteiger charge is -2.36. The topological polar surface area (TPSA) is 73.4 Å². The molecule has 1 saturated heterocycles. The highest BCUT2D eigenvalue weighted by Crippen LogP contribution is 2.20. The van der Waals surface area contributed by atoms with Gasteiger partial charge in [-0.05, 0) is 43.3 Å². The van der Waals surface area contributed by atoms with E-state index in [0.29, 0.717) is 11.5 Å². The van der Waals surface area contributed by atoms with Crippen molar-refractivity contribution in [1.29, 1.82) is 0 Å². The number of piperazine rings is 1. The molecule has 0 radical (unpaired) electrons. The Morgan fingerprint density at radius 2 is 1.96 bits per heavy atom. The van der Waals surface area contributed by atoms with Gasteiger partial charge < -0.3 is 15.5 Å². The highest BCUT2D eigenvalue weighted by Gasteiger charge is 2.16. The molecule has 1 amide bonds. The summed E-state index contributed by atoms with van der Waals surface area (Å²) in [4.78, 5) is 16.3. The third-order valence-electron chi connectivity index (χ3n) is 4.63. The fourth-order valence-corrected chi connectivity index (χ4v) is 3.28. The number of hydrogen-bond acceptors (Lipinski definition) is 6. The summed E-state index contributed by atoms with van der Waals surface area (Å²) in [5.74, 6) is 0.458. The Bertz CT molecular complexity index is 746. The van der Waals surface area contributed by atoms with Crippen LogP contribution in [0, 0.1) is 0 Å². The fourth-order valence-electron chi connectivity index (χ4n) is 3.10. The van der Waals surface area contributed by atoms with Gasteiger partial charge >= 0.3 is 0 Å². The lowest BCUT2D eigenvalue weighted by atomic mass is 10.2. The zero-order chi connectivity index (χ0) is 19.1.